The van der Waals surface area contributed by atoms with Crippen molar-refractivity contribution in [3.8, 4) is 0 Å². The summed E-state index contributed by atoms with van der Waals surface area (Å²) in [5.41, 5.74) is 0.741. The predicted octanol–water partition coefficient (Wildman–Crippen LogP) is 2.59. The van der Waals surface area contributed by atoms with Crippen molar-refractivity contribution in [1.29, 1.82) is 0 Å². The van der Waals surface area contributed by atoms with Crippen LogP contribution in [-0.2, 0) is 6.42 Å². The second kappa shape index (κ2) is 7.20. The number of H-pyrrole nitrogens is 1. The van der Waals surface area contributed by atoms with Gasteiger partial charge in [-0.1, -0.05) is 32.4 Å². The molecule has 0 aliphatic rings. The molecule has 4 heteroatoms. The minimum atomic E-state index is -0.0396. The molecule has 0 amide bonds. The molecule has 1 aromatic carbocycles. The van der Waals surface area contributed by atoms with Gasteiger partial charge in [0, 0.05) is 13.0 Å². The molecule has 0 spiro atoms. The predicted molar refractivity (Wildman–Crippen MR) is 83.1 cm³/mol. The molecule has 0 aliphatic heterocycles. The molecule has 0 saturated carbocycles. The minimum absolute atomic E-state index is 0.0396. The number of unbranched alkanes of at least 4 members (excludes halogenated alkanes) is 1. The highest BCUT2D eigenvalue weighted by Crippen LogP contribution is 2.06. The van der Waals surface area contributed by atoms with E-state index < -0.39 is 0 Å². The summed E-state index contributed by atoms with van der Waals surface area (Å²) in [6.45, 7) is 7.48. The normalized spacial score (nSPS) is 11.3. The maximum atomic E-state index is 12.0. The highest BCUT2D eigenvalue weighted by atomic mass is 16.1. The lowest BCUT2D eigenvalue weighted by Gasteiger charge is -2.19. The first kappa shape index (κ1) is 14.7. The smallest absolute Gasteiger partial charge is 0.258 e. The van der Waals surface area contributed by atoms with Gasteiger partial charge in [0.25, 0.3) is 5.56 Å². The van der Waals surface area contributed by atoms with Gasteiger partial charge in [-0.2, -0.15) is 0 Å². The van der Waals surface area contributed by atoms with Gasteiger partial charge in [-0.15, -0.1) is 0 Å². The SMILES string of the molecule is CCCCN(CC)CCc1nc2ccccc2c(=O)[nH]1. The van der Waals surface area contributed by atoms with E-state index in [4.69, 9.17) is 0 Å². The molecule has 1 aromatic heterocycles. The van der Waals surface area contributed by atoms with Gasteiger partial charge in [0.05, 0.1) is 10.9 Å². The molecule has 4 nitrogen and oxygen atoms in total. The van der Waals surface area contributed by atoms with Gasteiger partial charge in [-0.25, -0.2) is 4.98 Å². The van der Waals surface area contributed by atoms with Gasteiger partial charge < -0.3 is 9.88 Å². The van der Waals surface area contributed by atoms with Crippen molar-refractivity contribution in [3.05, 3.63) is 40.4 Å². The summed E-state index contributed by atoms with van der Waals surface area (Å²) in [4.78, 5) is 21.8. The van der Waals surface area contributed by atoms with Crippen molar-refractivity contribution in [2.45, 2.75) is 33.1 Å². The zero-order chi connectivity index (χ0) is 14.4. The Morgan fingerprint density at radius 2 is 2.00 bits per heavy atom. The number of hydrogen-bond acceptors (Lipinski definition) is 3. The van der Waals surface area contributed by atoms with E-state index in [1.54, 1.807) is 0 Å². The third kappa shape index (κ3) is 3.67. The average Bonchev–Trinajstić information content (AvgIpc) is 2.47. The van der Waals surface area contributed by atoms with Gasteiger partial charge >= 0.3 is 0 Å². The Bertz CT molecular complexity index is 606. The van der Waals surface area contributed by atoms with Gasteiger partial charge in [0.1, 0.15) is 5.82 Å². The molecule has 0 fully saturated rings. The zero-order valence-corrected chi connectivity index (χ0v) is 12.4. The van der Waals surface area contributed by atoms with Crippen molar-refractivity contribution < 1.29 is 0 Å². The van der Waals surface area contributed by atoms with Crippen LogP contribution in [0.3, 0.4) is 0 Å². The van der Waals surface area contributed by atoms with E-state index in [2.05, 4.69) is 28.7 Å². The van der Waals surface area contributed by atoms with Crippen molar-refractivity contribution in [2.75, 3.05) is 19.6 Å². The molecular weight excluding hydrogens is 250 g/mol. The number of likely N-dealkylation sites (N-methyl/N-ethyl adjacent to an activating group) is 1. The van der Waals surface area contributed by atoms with Gasteiger partial charge in [0.15, 0.2) is 0 Å². The maximum absolute atomic E-state index is 12.0. The molecule has 2 rings (SSSR count). The largest absolute Gasteiger partial charge is 0.310 e. The van der Waals surface area contributed by atoms with E-state index in [9.17, 15) is 4.79 Å². The summed E-state index contributed by atoms with van der Waals surface area (Å²) >= 11 is 0. The van der Waals surface area contributed by atoms with Crippen LogP contribution in [0, 0.1) is 0 Å². The summed E-state index contributed by atoms with van der Waals surface area (Å²) in [5.74, 6) is 0.781. The van der Waals surface area contributed by atoms with Gasteiger partial charge in [-0.05, 0) is 31.6 Å². The summed E-state index contributed by atoms with van der Waals surface area (Å²) in [6.07, 6.45) is 3.22. The average molecular weight is 273 g/mol. The number of nitrogens with one attached hydrogen (secondary N) is 1. The Hall–Kier alpha value is -1.68. The molecule has 0 saturated heterocycles. The van der Waals surface area contributed by atoms with E-state index in [1.807, 2.05) is 24.3 Å². The Kier molecular flexibility index (Phi) is 5.30. The molecule has 0 bridgehead atoms. The van der Waals surface area contributed by atoms with Crippen molar-refractivity contribution >= 4 is 10.9 Å². The van der Waals surface area contributed by atoms with Crippen molar-refractivity contribution in [2.24, 2.45) is 0 Å². The fourth-order valence-electron chi connectivity index (χ4n) is 2.33. The van der Waals surface area contributed by atoms with Crippen LogP contribution in [0.1, 0.15) is 32.5 Å². The number of hydrogen-bond donors (Lipinski definition) is 1. The molecule has 1 heterocycles. The highest BCUT2D eigenvalue weighted by Gasteiger charge is 2.06. The third-order valence-corrected chi connectivity index (χ3v) is 3.60. The molecule has 0 unspecified atom stereocenters. The van der Waals surface area contributed by atoms with Crippen LogP contribution in [0.4, 0.5) is 0 Å². The van der Waals surface area contributed by atoms with Gasteiger partial charge in [0.2, 0.25) is 0 Å². The topological polar surface area (TPSA) is 49.0 Å². The van der Waals surface area contributed by atoms with Crippen LogP contribution in [-0.4, -0.2) is 34.5 Å². The van der Waals surface area contributed by atoms with Crippen LogP contribution in [0.25, 0.3) is 10.9 Å². The lowest BCUT2D eigenvalue weighted by molar-refractivity contribution is 0.285. The first-order chi connectivity index (χ1) is 9.74. The monoisotopic (exact) mass is 273 g/mol. The first-order valence-electron chi connectivity index (χ1n) is 7.45. The first-order valence-corrected chi connectivity index (χ1v) is 7.45. The number of para-hydroxylation sites is 1. The number of nitrogens with zero attached hydrogens (tertiary/aromatic N) is 2. The quantitative estimate of drug-likeness (QED) is 0.843. The second-order valence-corrected chi connectivity index (χ2v) is 5.07. The van der Waals surface area contributed by atoms with Gasteiger partial charge in [-0.3, -0.25) is 4.79 Å². The lowest BCUT2D eigenvalue weighted by Crippen LogP contribution is -2.28. The summed E-state index contributed by atoms with van der Waals surface area (Å²) < 4.78 is 0. The Balaban J connectivity index is 2.08. The van der Waals surface area contributed by atoms with Crippen LogP contribution >= 0.6 is 0 Å². The standard InChI is InChI=1S/C16H23N3O/c1-3-5-11-19(4-2)12-10-15-17-14-9-7-6-8-13(14)16(20)18-15/h6-9H,3-5,10-12H2,1-2H3,(H,17,18,20). The molecule has 0 aliphatic carbocycles. The van der Waals surface area contributed by atoms with Crippen LogP contribution < -0.4 is 5.56 Å². The van der Waals surface area contributed by atoms with Crippen molar-refractivity contribution in [3.63, 3.8) is 0 Å². The molecule has 1 N–H and O–H groups in total. The van der Waals surface area contributed by atoms with Crippen LogP contribution in [0.15, 0.2) is 29.1 Å². The van der Waals surface area contributed by atoms with Crippen LogP contribution in [0.2, 0.25) is 0 Å². The van der Waals surface area contributed by atoms with E-state index >= 15 is 0 Å². The third-order valence-electron chi connectivity index (χ3n) is 3.60. The Morgan fingerprint density at radius 1 is 1.20 bits per heavy atom. The number of rotatable bonds is 7. The molecule has 0 atom stereocenters. The Morgan fingerprint density at radius 3 is 2.75 bits per heavy atom. The maximum Gasteiger partial charge on any atom is 0.258 e. The van der Waals surface area contributed by atoms with E-state index in [0.717, 1.165) is 37.4 Å². The summed E-state index contributed by atoms with van der Waals surface area (Å²) in [6, 6.07) is 7.48. The Labute approximate surface area is 119 Å². The van der Waals surface area contributed by atoms with Crippen molar-refractivity contribution in [1.82, 2.24) is 14.9 Å². The summed E-state index contributed by atoms with van der Waals surface area (Å²) in [7, 11) is 0. The second-order valence-electron chi connectivity index (χ2n) is 5.07. The van der Waals surface area contributed by atoms with E-state index in [-0.39, 0.29) is 5.56 Å². The molecule has 20 heavy (non-hydrogen) atoms. The number of fused-ring (bicyclic) bond motifs is 1. The van der Waals surface area contributed by atoms with E-state index in [0.29, 0.717) is 5.39 Å². The molecule has 0 radical (unpaired) electrons. The number of aromatic nitrogens is 2. The lowest BCUT2D eigenvalue weighted by atomic mass is 10.2. The molecule has 108 valence electrons. The fourth-order valence-corrected chi connectivity index (χ4v) is 2.33. The number of aromatic amines is 1. The summed E-state index contributed by atoms with van der Waals surface area (Å²) in [5, 5.41) is 0.662. The van der Waals surface area contributed by atoms with Crippen LogP contribution in [0.5, 0.6) is 0 Å². The highest BCUT2D eigenvalue weighted by molar-refractivity contribution is 5.77. The zero-order valence-electron chi connectivity index (χ0n) is 12.4. The number of benzene rings is 1. The minimum Gasteiger partial charge on any atom is -0.310 e. The molecule has 2 aromatic rings. The fraction of sp³-hybridized carbons (Fsp3) is 0.500. The molecular formula is C16H23N3O. The van der Waals surface area contributed by atoms with E-state index in [1.165, 1.54) is 12.8 Å².